The van der Waals surface area contributed by atoms with Crippen LogP contribution in [0.3, 0.4) is 0 Å². The summed E-state index contributed by atoms with van der Waals surface area (Å²) in [6.45, 7) is 1.66. The fourth-order valence-corrected chi connectivity index (χ4v) is 1.31. The van der Waals surface area contributed by atoms with Gasteiger partial charge in [0.15, 0.2) is 0 Å². The first-order valence-electron chi connectivity index (χ1n) is 3.99. The highest BCUT2D eigenvalue weighted by atomic mass is 32.1. The van der Waals surface area contributed by atoms with Crippen molar-refractivity contribution in [1.82, 2.24) is 10.2 Å². The van der Waals surface area contributed by atoms with E-state index in [1.165, 1.54) is 6.07 Å². The van der Waals surface area contributed by atoms with Crippen LogP contribution in [0, 0.1) is 17.6 Å². The summed E-state index contributed by atoms with van der Waals surface area (Å²) in [6, 6.07) is 4.72. The van der Waals surface area contributed by atoms with Crippen LogP contribution in [0.4, 0.5) is 4.39 Å². The molecule has 0 spiro atoms. The number of halogens is 1. The predicted octanol–water partition coefficient (Wildman–Crippen LogP) is 2.85. The second-order valence-electron chi connectivity index (χ2n) is 2.83. The molecule has 0 atom stereocenters. The van der Waals surface area contributed by atoms with E-state index in [-0.39, 0.29) is 10.7 Å². The maximum absolute atomic E-state index is 13.2. The molecule has 1 aromatic heterocycles. The third kappa shape index (κ3) is 1.46. The molecule has 0 saturated carbocycles. The average Bonchev–Trinajstić information content (AvgIpc) is 2.57. The van der Waals surface area contributed by atoms with Crippen molar-refractivity contribution < 1.29 is 8.81 Å². The van der Waals surface area contributed by atoms with E-state index in [1.807, 2.05) is 0 Å². The molecule has 0 bridgehead atoms. The lowest BCUT2D eigenvalue weighted by atomic mass is 10.1. The summed E-state index contributed by atoms with van der Waals surface area (Å²) in [5.41, 5.74) is 1.11. The second-order valence-corrected chi connectivity index (χ2v) is 3.20. The third-order valence-corrected chi connectivity index (χ3v) is 2.11. The maximum atomic E-state index is 13.2. The molecule has 14 heavy (non-hydrogen) atoms. The van der Waals surface area contributed by atoms with Gasteiger partial charge in [-0.2, -0.15) is 0 Å². The number of hydrogen-bond acceptors (Lipinski definition) is 3. The summed E-state index contributed by atoms with van der Waals surface area (Å²) in [4.78, 5) is 0.184. The van der Waals surface area contributed by atoms with E-state index < -0.39 is 0 Å². The summed E-state index contributed by atoms with van der Waals surface area (Å²) in [6.07, 6.45) is 0. The monoisotopic (exact) mass is 210 g/mol. The Kier molecular flexibility index (Phi) is 2.17. The molecule has 5 heteroatoms. The first-order chi connectivity index (χ1) is 6.68. The standard InChI is InChI=1S/C9H7FN2OS/c1-5-6(3-2-4-7(5)10)8-11-12-9(14)13-8/h2-4H,1H3,(H,12,14). The van der Waals surface area contributed by atoms with Crippen molar-refractivity contribution in [3.05, 3.63) is 34.4 Å². The highest BCUT2D eigenvalue weighted by Crippen LogP contribution is 2.22. The van der Waals surface area contributed by atoms with Gasteiger partial charge in [0.25, 0.3) is 4.84 Å². The van der Waals surface area contributed by atoms with Gasteiger partial charge in [-0.15, -0.1) is 5.10 Å². The molecule has 1 heterocycles. The minimum absolute atomic E-state index is 0.184. The SMILES string of the molecule is Cc1c(F)cccc1-c1n[nH]c(=S)o1. The van der Waals surface area contributed by atoms with Crippen molar-refractivity contribution in [2.45, 2.75) is 6.92 Å². The average molecular weight is 210 g/mol. The maximum Gasteiger partial charge on any atom is 0.284 e. The zero-order valence-electron chi connectivity index (χ0n) is 7.37. The summed E-state index contributed by atoms with van der Waals surface area (Å²) in [7, 11) is 0. The highest BCUT2D eigenvalue weighted by Gasteiger charge is 2.09. The number of H-pyrrole nitrogens is 1. The van der Waals surface area contributed by atoms with E-state index in [2.05, 4.69) is 10.2 Å². The molecule has 0 aliphatic carbocycles. The first kappa shape index (κ1) is 9.08. The molecule has 72 valence electrons. The van der Waals surface area contributed by atoms with Crippen LogP contribution in [-0.4, -0.2) is 10.2 Å². The number of aromatic amines is 1. The zero-order valence-corrected chi connectivity index (χ0v) is 8.19. The summed E-state index contributed by atoms with van der Waals surface area (Å²) in [5, 5.41) is 6.31. The Bertz CT molecular complexity index is 518. The van der Waals surface area contributed by atoms with Crippen LogP contribution in [0.1, 0.15) is 5.56 Å². The molecule has 1 N–H and O–H groups in total. The quantitative estimate of drug-likeness (QED) is 0.736. The Morgan fingerprint density at radius 2 is 2.29 bits per heavy atom. The fraction of sp³-hybridized carbons (Fsp3) is 0.111. The molecule has 1 aromatic carbocycles. The Labute approximate surface area is 84.6 Å². The van der Waals surface area contributed by atoms with Crippen molar-refractivity contribution in [2.75, 3.05) is 0 Å². The second kappa shape index (κ2) is 3.34. The number of nitrogens with zero attached hydrogens (tertiary/aromatic N) is 1. The molecule has 0 amide bonds. The molecule has 2 rings (SSSR count). The largest absolute Gasteiger partial charge is 0.409 e. The van der Waals surface area contributed by atoms with Crippen LogP contribution in [0.15, 0.2) is 22.6 Å². The Morgan fingerprint density at radius 1 is 1.50 bits per heavy atom. The van der Waals surface area contributed by atoms with Crippen LogP contribution in [0.25, 0.3) is 11.5 Å². The van der Waals surface area contributed by atoms with Crippen molar-refractivity contribution >= 4 is 12.2 Å². The van der Waals surface area contributed by atoms with Gasteiger partial charge in [-0.3, -0.25) is 0 Å². The van der Waals surface area contributed by atoms with Gasteiger partial charge >= 0.3 is 0 Å². The lowest BCUT2D eigenvalue weighted by Gasteiger charge is -2.00. The van der Waals surface area contributed by atoms with Crippen molar-refractivity contribution in [3.63, 3.8) is 0 Å². The molecular weight excluding hydrogens is 203 g/mol. The van der Waals surface area contributed by atoms with E-state index in [4.69, 9.17) is 16.6 Å². The van der Waals surface area contributed by atoms with Gasteiger partial charge in [0.2, 0.25) is 5.89 Å². The van der Waals surface area contributed by atoms with Crippen LogP contribution < -0.4 is 0 Å². The van der Waals surface area contributed by atoms with Crippen LogP contribution >= 0.6 is 12.2 Å². The normalized spacial score (nSPS) is 10.4. The first-order valence-corrected chi connectivity index (χ1v) is 4.40. The third-order valence-electron chi connectivity index (χ3n) is 1.94. The molecule has 0 aliphatic rings. The molecule has 2 aromatic rings. The van der Waals surface area contributed by atoms with Crippen LogP contribution in [0.2, 0.25) is 0 Å². The van der Waals surface area contributed by atoms with E-state index >= 15 is 0 Å². The van der Waals surface area contributed by atoms with E-state index in [9.17, 15) is 4.39 Å². The van der Waals surface area contributed by atoms with E-state index in [0.29, 0.717) is 17.0 Å². The number of benzene rings is 1. The Balaban J connectivity index is 2.62. The fourth-order valence-electron chi connectivity index (χ4n) is 1.18. The molecule has 0 saturated heterocycles. The van der Waals surface area contributed by atoms with E-state index in [0.717, 1.165) is 0 Å². The van der Waals surface area contributed by atoms with E-state index in [1.54, 1.807) is 19.1 Å². The lowest BCUT2D eigenvalue weighted by molar-refractivity contribution is 0.549. The lowest BCUT2D eigenvalue weighted by Crippen LogP contribution is -1.87. The van der Waals surface area contributed by atoms with Gasteiger partial charge in [0.05, 0.1) is 0 Å². The van der Waals surface area contributed by atoms with Gasteiger partial charge in [-0.05, 0) is 36.8 Å². The topological polar surface area (TPSA) is 41.8 Å². The van der Waals surface area contributed by atoms with Crippen LogP contribution in [-0.2, 0) is 0 Å². The van der Waals surface area contributed by atoms with Gasteiger partial charge in [0, 0.05) is 5.56 Å². The molecule has 0 fully saturated rings. The molecule has 0 aliphatic heterocycles. The smallest absolute Gasteiger partial charge is 0.284 e. The van der Waals surface area contributed by atoms with Gasteiger partial charge < -0.3 is 4.42 Å². The van der Waals surface area contributed by atoms with Crippen LogP contribution in [0.5, 0.6) is 0 Å². The number of aromatic nitrogens is 2. The Hall–Kier alpha value is -1.49. The zero-order chi connectivity index (χ0) is 10.1. The van der Waals surface area contributed by atoms with Crippen molar-refractivity contribution in [3.8, 4) is 11.5 Å². The minimum atomic E-state index is -0.286. The molecule has 3 nitrogen and oxygen atoms in total. The number of rotatable bonds is 1. The van der Waals surface area contributed by atoms with Crippen molar-refractivity contribution in [1.29, 1.82) is 0 Å². The minimum Gasteiger partial charge on any atom is -0.409 e. The predicted molar refractivity (Wildman–Crippen MR) is 51.8 cm³/mol. The highest BCUT2D eigenvalue weighted by molar-refractivity contribution is 7.71. The Morgan fingerprint density at radius 3 is 2.93 bits per heavy atom. The van der Waals surface area contributed by atoms with Gasteiger partial charge in [0.1, 0.15) is 5.82 Å². The van der Waals surface area contributed by atoms with Crippen molar-refractivity contribution in [2.24, 2.45) is 0 Å². The molecule has 0 unspecified atom stereocenters. The number of nitrogens with one attached hydrogen (secondary N) is 1. The van der Waals surface area contributed by atoms with Gasteiger partial charge in [-0.25, -0.2) is 9.49 Å². The summed E-state index contributed by atoms with van der Waals surface area (Å²) >= 11 is 4.73. The molecular formula is C9H7FN2OS. The number of hydrogen-bond donors (Lipinski definition) is 1. The molecule has 0 radical (unpaired) electrons. The summed E-state index contributed by atoms with van der Waals surface area (Å²) in [5.74, 6) is 0.0265. The summed E-state index contributed by atoms with van der Waals surface area (Å²) < 4.78 is 18.3. The van der Waals surface area contributed by atoms with Gasteiger partial charge in [-0.1, -0.05) is 6.07 Å².